The summed E-state index contributed by atoms with van der Waals surface area (Å²) < 4.78 is 21.7. The van der Waals surface area contributed by atoms with Crippen molar-refractivity contribution in [1.82, 2.24) is 9.80 Å². The molecule has 0 aromatic heterocycles. The zero-order chi connectivity index (χ0) is 24.9. The first-order valence-corrected chi connectivity index (χ1v) is 11.4. The first-order chi connectivity index (χ1) is 17.0. The molecule has 0 bridgehead atoms. The zero-order valence-corrected chi connectivity index (χ0v) is 20.2. The van der Waals surface area contributed by atoms with Gasteiger partial charge in [-0.05, 0) is 30.3 Å². The maximum Gasteiger partial charge on any atom is 0.295 e. The average molecular weight is 483 g/mol. The number of hydrogen-bond acceptors (Lipinski definition) is 8. The minimum absolute atomic E-state index is 0.00805. The van der Waals surface area contributed by atoms with Crippen molar-refractivity contribution < 1.29 is 33.6 Å². The fourth-order valence-electron chi connectivity index (χ4n) is 4.54. The Morgan fingerprint density at radius 3 is 2.31 bits per heavy atom. The Hall–Kier alpha value is -3.56. The molecule has 2 aromatic carbocycles. The molecule has 2 saturated heterocycles. The Kier molecular flexibility index (Phi) is 7.57. The molecular formula is C26H30N2O7. The molecule has 1 N–H and O–H groups in total. The average Bonchev–Trinajstić information content (AvgIpc) is 3.16. The van der Waals surface area contributed by atoms with Gasteiger partial charge in [0.15, 0.2) is 11.5 Å². The standard InChI is InChI=1S/C26H30N2O7/c1-32-18-9-7-17(8-10-18)23(29)21-22(19-5-4-6-20(33-2)25(19)34-3)28(26(31)24(21)30)12-11-27-13-15-35-16-14-27/h4-10,22,29H,11-16H2,1-3H3. The van der Waals surface area contributed by atoms with Crippen molar-refractivity contribution in [3.8, 4) is 17.2 Å². The normalized spacial score (nSPS) is 20.2. The van der Waals surface area contributed by atoms with Crippen molar-refractivity contribution in [3.05, 3.63) is 59.2 Å². The molecule has 9 nitrogen and oxygen atoms in total. The lowest BCUT2D eigenvalue weighted by Crippen LogP contribution is -2.42. The SMILES string of the molecule is COc1ccc(C(O)=C2C(=O)C(=O)N(CCN3CCOCC3)C2c2cccc(OC)c2OC)cc1. The lowest BCUT2D eigenvalue weighted by molar-refractivity contribution is -0.140. The number of nitrogens with zero attached hydrogens (tertiary/aromatic N) is 2. The maximum absolute atomic E-state index is 13.3. The molecule has 0 saturated carbocycles. The van der Waals surface area contributed by atoms with Crippen molar-refractivity contribution in [1.29, 1.82) is 0 Å². The molecule has 1 amide bonds. The van der Waals surface area contributed by atoms with E-state index in [1.54, 1.807) is 49.6 Å². The van der Waals surface area contributed by atoms with Gasteiger partial charge in [0.1, 0.15) is 11.5 Å². The summed E-state index contributed by atoms with van der Waals surface area (Å²) in [6.07, 6.45) is 0. The Labute approximate surface area is 204 Å². The Bertz CT molecular complexity index is 1110. The number of aliphatic hydroxyl groups is 1. The highest BCUT2D eigenvalue weighted by Gasteiger charge is 2.47. The van der Waals surface area contributed by atoms with Gasteiger partial charge in [0.05, 0.1) is 46.2 Å². The zero-order valence-electron chi connectivity index (χ0n) is 20.2. The third-order valence-electron chi connectivity index (χ3n) is 6.39. The van der Waals surface area contributed by atoms with Crippen LogP contribution in [-0.4, -0.2) is 87.3 Å². The number of benzene rings is 2. The lowest BCUT2D eigenvalue weighted by atomic mass is 9.94. The van der Waals surface area contributed by atoms with Crippen molar-refractivity contribution in [2.24, 2.45) is 0 Å². The first-order valence-electron chi connectivity index (χ1n) is 11.4. The number of carbonyl (C=O) groups excluding carboxylic acids is 2. The van der Waals surface area contributed by atoms with E-state index < -0.39 is 17.7 Å². The highest BCUT2D eigenvalue weighted by molar-refractivity contribution is 6.46. The van der Waals surface area contributed by atoms with Gasteiger partial charge in [-0.1, -0.05) is 12.1 Å². The number of ketones is 1. The largest absolute Gasteiger partial charge is 0.507 e. The molecule has 0 spiro atoms. The van der Waals surface area contributed by atoms with Crippen LogP contribution in [0.2, 0.25) is 0 Å². The molecule has 0 radical (unpaired) electrons. The summed E-state index contributed by atoms with van der Waals surface area (Å²) in [5, 5.41) is 11.3. The minimum Gasteiger partial charge on any atom is -0.507 e. The molecule has 186 valence electrons. The molecular weight excluding hydrogens is 452 g/mol. The van der Waals surface area contributed by atoms with Gasteiger partial charge in [-0.2, -0.15) is 0 Å². The highest BCUT2D eigenvalue weighted by Crippen LogP contribution is 2.45. The van der Waals surface area contributed by atoms with Crippen LogP contribution in [0.3, 0.4) is 0 Å². The van der Waals surface area contributed by atoms with E-state index in [0.29, 0.717) is 54.7 Å². The Balaban J connectivity index is 1.81. The van der Waals surface area contributed by atoms with Crippen LogP contribution in [0.5, 0.6) is 17.2 Å². The number of likely N-dealkylation sites (tertiary alicyclic amines) is 1. The maximum atomic E-state index is 13.3. The molecule has 9 heteroatoms. The van der Waals surface area contributed by atoms with Crippen molar-refractivity contribution in [3.63, 3.8) is 0 Å². The minimum atomic E-state index is -0.844. The van der Waals surface area contributed by atoms with E-state index in [4.69, 9.17) is 18.9 Å². The van der Waals surface area contributed by atoms with E-state index in [0.717, 1.165) is 13.1 Å². The van der Waals surface area contributed by atoms with Gasteiger partial charge >= 0.3 is 0 Å². The van der Waals surface area contributed by atoms with Crippen LogP contribution in [0.4, 0.5) is 0 Å². The van der Waals surface area contributed by atoms with Gasteiger partial charge in [0.25, 0.3) is 11.7 Å². The van der Waals surface area contributed by atoms with Gasteiger partial charge in [-0.3, -0.25) is 14.5 Å². The van der Waals surface area contributed by atoms with Crippen LogP contribution in [0.1, 0.15) is 17.2 Å². The summed E-state index contributed by atoms with van der Waals surface area (Å²) in [5.74, 6) is -0.182. The number of para-hydroxylation sites is 1. The van der Waals surface area contributed by atoms with E-state index >= 15 is 0 Å². The van der Waals surface area contributed by atoms with Crippen LogP contribution >= 0.6 is 0 Å². The number of hydrogen-bond donors (Lipinski definition) is 1. The van der Waals surface area contributed by atoms with Crippen LogP contribution in [0.25, 0.3) is 5.76 Å². The van der Waals surface area contributed by atoms with Crippen molar-refractivity contribution >= 4 is 17.4 Å². The molecule has 2 aromatic rings. The van der Waals surface area contributed by atoms with E-state index in [-0.39, 0.29) is 11.3 Å². The third-order valence-corrected chi connectivity index (χ3v) is 6.39. The fraction of sp³-hybridized carbons (Fsp3) is 0.385. The van der Waals surface area contributed by atoms with Crippen LogP contribution in [-0.2, 0) is 14.3 Å². The number of rotatable bonds is 8. The Morgan fingerprint density at radius 1 is 0.971 bits per heavy atom. The summed E-state index contributed by atoms with van der Waals surface area (Å²) in [7, 11) is 4.57. The number of amides is 1. The van der Waals surface area contributed by atoms with Crippen LogP contribution in [0.15, 0.2) is 48.0 Å². The van der Waals surface area contributed by atoms with E-state index in [1.165, 1.54) is 19.1 Å². The molecule has 2 aliphatic rings. The molecule has 2 aliphatic heterocycles. The fourth-order valence-corrected chi connectivity index (χ4v) is 4.54. The third kappa shape index (κ3) is 4.82. The van der Waals surface area contributed by atoms with Crippen molar-refractivity contribution in [2.75, 3.05) is 60.7 Å². The summed E-state index contributed by atoms with van der Waals surface area (Å²) in [4.78, 5) is 30.3. The van der Waals surface area contributed by atoms with Gasteiger partial charge in [0.2, 0.25) is 0 Å². The smallest absolute Gasteiger partial charge is 0.295 e. The quantitative estimate of drug-likeness (QED) is 0.348. The summed E-state index contributed by atoms with van der Waals surface area (Å²) >= 11 is 0. The van der Waals surface area contributed by atoms with Crippen LogP contribution < -0.4 is 14.2 Å². The van der Waals surface area contributed by atoms with Crippen LogP contribution in [0, 0.1) is 0 Å². The van der Waals surface area contributed by atoms with Crippen molar-refractivity contribution in [2.45, 2.75) is 6.04 Å². The second kappa shape index (κ2) is 10.8. The highest BCUT2D eigenvalue weighted by atomic mass is 16.5. The van der Waals surface area contributed by atoms with Gasteiger partial charge in [-0.25, -0.2) is 0 Å². The molecule has 2 heterocycles. The second-order valence-electron chi connectivity index (χ2n) is 8.26. The number of morpholine rings is 1. The van der Waals surface area contributed by atoms with E-state index in [2.05, 4.69) is 4.90 Å². The first kappa shape index (κ1) is 24.6. The molecule has 35 heavy (non-hydrogen) atoms. The monoisotopic (exact) mass is 482 g/mol. The number of Topliss-reactive ketones (excluding diaryl/α,β-unsaturated/α-hetero) is 1. The summed E-state index contributed by atoms with van der Waals surface area (Å²) in [5.41, 5.74) is 0.973. The number of aliphatic hydroxyl groups excluding tert-OH is 1. The number of methoxy groups -OCH3 is 3. The molecule has 2 fully saturated rings. The Morgan fingerprint density at radius 2 is 1.69 bits per heavy atom. The van der Waals surface area contributed by atoms with E-state index in [9.17, 15) is 14.7 Å². The lowest BCUT2D eigenvalue weighted by Gasteiger charge is -2.31. The molecule has 1 atom stereocenters. The predicted molar refractivity (Wildman–Crippen MR) is 129 cm³/mol. The van der Waals surface area contributed by atoms with Gasteiger partial charge in [0, 0.05) is 37.3 Å². The number of ether oxygens (including phenoxy) is 4. The van der Waals surface area contributed by atoms with Gasteiger partial charge < -0.3 is 29.0 Å². The molecule has 0 aliphatic carbocycles. The molecule has 1 unspecified atom stereocenters. The van der Waals surface area contributed by atoms with Gasteiger partial charge in [-0.15, -0.1) is 0 Å². The van der Waals surface area contributed by atoms with E-state index in [1.807, 2.05) is 0 Å². The predicted octanol–water partition coefficient (Wildman–Crippen LogP) is 2.47. The summed E-state index contributed by atoms with van der Waals surface area (Å²) in [6.45, 7) is 3.63. The summed E-state index contributed by atoms with van der Waals surface area (Å²) in [6, 6.07) is 11.1. The topological polar surface area (TPSA) is 97.8 Å². The second-order valence-corrected chi connectivity index (χ2v) is 8.26. The molecule has 4 rings (SSSR count). The number of carbonyl (C=O) groups is 2.